The van der Waals surface area contributed by atoms with Gasteiger partial charge in [0, 0.05) is 11.1 Å². The van der Waals surface area contributed by atoms with E-state index >= 15 is 0 Å². The van der Waals surface area contributed by atoms with Crippen LogP contribution in [0.4, 0.5) is 0 Å². The lowest BCUT2D eigenvalue weighted by molar-refractivity contribution is 0.284. The second kappa shape index (κ2) is 4.60. The van der Waals surface area contributed by atoms with Gasteiger partial charge < -0.3 is 0 Å². The number of hydrogen-bond donors (Lipinski definition) is 1. The molecule has 1 aromatic heterocycles. The molecule has 1 heterocycles. The summed E-state index contributed by atoms with van der Waals surface area (Å²) in [6.45, 7) is 6.16. The molecule has 0 bridgehead atoms. The van der Waals surface area contributed by atoms with Gasteiger partial charge in [-0.1, -0.05) is 33.1 Å². The van der Waals surface area contributed by atoms with Gasteiger partial charge in [-0.2, -0.15) is 5.10 Å². The summed E-state index contributed by atoms with van der Waals surface area (Å²) in [5.74, 6) is 0. The molecule has 1 spiro atoms. The number of aromatic nitrogens is 2. The number of nitrogens with one attached hydrogen (secondary N) is 1. The monoisotopic (exact) mass is 220 g/mol. The minimum atomic E-state index is 0.484. The fourth-order valence-corrected chi connectivity index (χ4v) is 3.39. The lowest BCUT2D eigenvalue weighted by Gasteiger charge is -2.32. The van der Waals surface area contributed by atoms with E-state index in [0.29, 0.717) is 5.41 Å². The lowest BCUT2D eigenvalue weighted by atomic mass is 9.72. The zero-order valence-corrected chi connectivity index (χ0v) is 10.9. The van der Waals surface area contributed by atoms with E-state index < -0.39 is 0 Å². The van der Waals surface area contributed by atoms with Crippen molar-refractivity contribution in [3.05, 3.63) is 17.0 Å². The van der Waals surface area contributed by atoms with E-state index in [1.54, 1.807) is 0 Å². The molecule has 1 fully saturated rings. The molecule has 0 radical (unpaired) electrons. The van der Waals surface area contributed by atoms with Crippen LogP contribution in [0.25, 0.3) is 0 Å². The van der Waals surface area contributed by atoms with Crippen LogP contribution in [0.1, 0.15) is 69.3 Å². The predicted molar refractivity (Wildman–Crippen MR) is 67.8 cm³/mol. The van der Waals surface area contributed by atoms with Crippen molar-refractivity contribution in [2.45, 2.75) is 71.1 Å². The summed E-state index contributed by atoms with van der Waals surface area (Å²) < 4.78 is 0. The highest BCUT2D eigenvalue weighted by atomic mass is 15.1. The van der Waals surface area contributed by atoms with Crippen molar-refractivity contribution < 1.29 is 0 Å². The topological polar surface area (TPSA) is 28.7 Å². The van der Waals surface area contributed by atoms with Crippen LogP contribution >= 0.6 is 0 Å². The third kappa shape index (κ3) is 1.68. The van der Waals surface area contributed by atoms with E-state index in [9.17, 15) is 0 Å². The van der Waals surface area contributed by atoms with Crippen LogP contribution in [0.15, 0.2) is 0 Å². The van der Waals surface area contributed by atoms with E-state index in [2.05, 4.69) is 17.1 Å². The first-order valence-corrected chi connectivity index (χ1v) is 6.86. The van der Waals surface area contributed by atoms with Crippen molar-refractivity contribution in [3.63, 3.8) is 0 Å². The summed E-state index contributed by atoms with van der Waals surface area (Å²) in [6, 6.07) is 0. The highest BCUT2D eigenvalue weighted by molar-refractivity contribution is 5.36. The summed E-state index contributed by atoms with van der Waals surface area (Å²) >= 11 is 0. The standard InChI is InChI=1S/C12H18N2.C2H6/c1-9-10-5-8-12(11(10)14-13-9)6-3-2-4-7-12;1-2/h2-8H2,1H3,(H,13,14);1-2H3. The minimum absolute atomic E-state index is 0.484. The quantitative estimate of drug-likeness (QED) is 0.706. The van der Waals surface area contributed by atoms with Gasteiger partial charge in [-0.3, -0.25) is 5.10 Å². The van der Waals surface area contributed by atoms with Gasteiger partial charge >= 0.3 is 0 Å². The molecule has 0 saturated heterocycles. The molecule has 1 N–H and O–H groups in total. The molecule has 1 aromatic rings. The van der Waals surface area contributed by atoms with Gasteiger partial charge in [-0.25, -0.2) is 0 Å². The molecule has 0 unspecified atom stereocenters. The second-order valence-electron chi connectivity index (χ2n) is 5.02. The summed E-state index contributed by atoms with van der Waals surface area (Å²) in [5.41, 5.74) is 4.75. The molecule has 3 rings (SSSR count). The Labute approximate surface area is 98.8 Å². The number of aromatic amines is 1. The zero-order valence-electron chi connectivity index (χ0n) is 10.9. The van der Waals surface area contributed by atoms with Crippen LogP contribution in [0.3, 0.4) is 0 Å². The van der Waals surface area contributed by atoms with Crippen molar-refractivity contribution in [1.82, 2.24) is 10.2 Å². The van der Waals surface area contributed by atoms with Crippen LogP contribution in [0, 0.1) is 6.92 Å². The molecule has 2 aliphatic rings. The summed E-state index contributed by atoms with van der Waals surface area (Å²) in [4.78, 5) is 0. The number of nitrogens with zero attached hydrogens (tertiary/aromatic N) is 1. The van der Waals surface area contributed by atoms with Crippen LogP contribution < -0.4 is 0 Å². The molecular weight excluding hydrogens is 196 g/mol. The Morgan fingerprint density at radius 2 is 1.75 bits per heavy atom. The molecule has 2 nitrogen and oxygen atoms in total. The van der Waals surface area contributed by atoms with E-state index in [1.807, 2.05) is 13.8 Å². The van der Waals surface area contributed by atoms with Gasteiger partial charge in [0.15, 0.2) is 0 Å². The maximum atomic E-state index is 4.55. The number of rotatable bonds is 0. The third-order valence-corrected chi connectivity index (χ3v) is 4.24. The normalized spacial score (nSPS) is 21.4. The van der Waals surface area contributed by atoms with Crippen molar-refractivity contribution in [1.29, 1.82) is 0 Å². The molecule has 90 valence electrons. The van der Waals surface area contributed by atoms with Crippen molar-refractivity contribution >= 4 is 0 Å². The van der Waals surface area contributed by atoms with Gasteiger partial charge in [-0.15, -0.1) is 0 Å². The summed E-state index contributed by atoms with van der Waals surface area (Å²) in [6.07, 6.45) is 9.63. The van der Waals surface area contributed by atoms with Crippen molar-refractivity contribution in [2.75, 3.05) is 0 Å². The maximum Gasteiger partial charge on any atom is 0.0718 e. The molecule has 2 aliphatic carbocycles. The molecule has 16 heavy (non-hydrogen) atoms. The number of fused-ring (bicyclic) bond motifs is 2. The Morgan fingerprint density at radius 3 is 2.44 bits per heavy atom. The Balaban J connectivity index is 0.000000457. The third-order valence-electron chi connectivity index (χ3n) is 4.24. The van der Waals surface area contributed by atoms with Crippen LogP contribution in [0.2, 0.25) is 0 Å². The van der Waals surface area contributed by atoms with E-state index in [-0.39, 0.29) is 0 Å². The Morgan fingerprint density at radius 1 is 1.06 bits per heavy atom. The fraction of sp³-hybridized carbons (Fsp3) is 0.786. The van der Waals surface area contributed by atoms with Gasteiger partial charge in [0.05, 0.1) is 5.69 Å². The highest BCUT2D eigenvalue weighted by Crippen LogP contribution is 2.48. The molecule has 1 saturated carbocycles. The predicted octanol–water partition coefficient (Wildman–Crippen LogP) is 3.89. The zero-order chi connectivity index (χ0) is 11.6. The Kier molecular flexibility index (Phi) is 3.36. The Hall–Kier alpha value is -0.790. The molecule has 0 aromatic carbocycles. The molecular formula is C14H24N2. The van der Waals surface area contributed by atoms with Gasteiger partial charge in [0.25, 0.3) is 0 Å². The van der Waals surface area contributed by atoms with E-state index in [1.165, 1.54) is 61.9 Å². The minimum Gasteiger partial charge on any atom is -0.282 e. The lowest BCUT2D eigenvalue weighted by Crippen LogP contribution is -2.26. The van der Waals surface area contributed by atoms with Crippen molar-refractivity contribution in [2.24, 2.45) is 0 Å². The van der Waals surface area contributed by atoms with Crippen LogP contribution in [0.5, 0.6) is 0 Å². The first-order chi connectivity index (χ1) is 7.82. The highest BCUT2D eigenvalue weighted by Gasteiger charge is 2.42. The van der Waals surface area contributed by atoms with Crippen molar-refractivity contribution in [3.8, 4) is 0 Å². The number of aryl methyl sites for hydroxylation is 1. The molecule has 0 atom stereocenters. The van der Waals surface area contributed by atoms with E-state index in [0.717, 1.165) is 0 Å². The van der Waals surface area contributed by atoms with Crippen LogP contribution in [-0.4, -0.2) is 10.2 Å². The SMILES string of the molecule is CC.Cc1[nH]nc2c1CCC21CCCCC1. The fourth-order valence-electron chi connectivity index (χ4n) is 3.39. The van der Waals surface area contributed by atoms with Gasteiger partial charge in [-0.05, 0) is 38.2 Å². The largest absolute Gasteiger partial charge is 0.282 e. The molecule has 2 heteroatoms. The average molecular weight is 220 g/mol. The second-order valence-corrected chi connectivity index (χ2v) is 5.02. The first kappa shape index (κ1) is 11.7. The summed E-state index contributed by atoms with van der Waals surface area (Å²) in [5, 5.41) is 7.71. The van der Waals surface area contributed by atoms with Crippen LogP contribution in [-0.2, 0) is 11.8 Å². The maximum absolute atomic E-state index is 4.55. The number of H-pyrrole nitrogens is 1. The first-order valence-electron chi connectivity index (χ1n) is 6.86. The van der Waals surface area contributed by atoms with Gasteiger partial charge in [0.1, 0.15) is 0 Å². The summed E-state index contributed by atoms with van der Waals surface area (Å²) in [7, 11) is 0. The van der Waals surface area contributed by atoms with E-state index in [4.69, 9.17) is 0 Å². The number of hydrogen-bond acceptors (Lipinski definition) is 1. The average Bonchev–Trinajstić information content (AvgIpc) is 2.87. The Bertz CT molecular complexity index is 346. The molecule has 0 aliphatic heterocycles. The smallest absolute Gasteiger partial charge is 0.0718 e. The van der Waals surface area contributed by atoms with Gasteiger partial charge in [0.2, 0.25) is 0 Å². The molecule has 0 amide bonds.